The molecule has 15 heavy (non-hydrogen) atoms. The zero-order chi connectivity index (χ0) is 10.6. The van der Waals surface area contributed by atoms with Crippen LogP contribution in [0.2, 0.25) is 5.15 Å². The lowest BCUT2D eigenvalue weighted by atomic mass is 10.1. The van der Waals surface area contributed by atoms with E-state index < -0.39 is 0 Å². The first-order valence-corrected chi connectivity index (χ1v) is 5.73. The van der Waals surface area contributed by atoms with Crippen molar-refractivity contribution in [3.63, 3.8) is 0 Å². The minimum Gasteiger partial charge on any atom is -0.366 e. The Morgan fingerprint density at radius 2 is 2.20 bits per heavy atom. The van der Waals surface area contributed by atoms with Crippen molar-refractivity contribution in [1.82, 2.24) is 4.98 Å². The summed E-state index contributed by atoms with van der Waals surface area (Å²) in [7, 11) is 0. The Kier molecular flexibility index (Phi) is 1.87. The number of hydrogen-bond donors (Lipinski definition) is 1. The average molecular weight is 224 g/mol. The molecule has 1 fully saturated rings. The summed E-state index contributed by atoms with van der Waals surface area (Å²) in [4.78, 5) is 6.85. The third kappa shape index (κ3) is 1.22. The quantitative estimate of drug-likeness (QED) is 0.685. The maximum absolute atomic E-state index is 6.10. The lowest BCUT2D eigenvalue weighted by Gasteiger charge is -2.30. The van der Waals surface area contributed by atoms with Crippen molar-refractivity contribution in [2.45, 2.75) is 26.3 Å². The summed E-state index contributed by atoms with van der Waals surface area (Å²) in [6.45, 7) is 6.40. The molecule has 0 spiro atoms. The molecule has 1 unspecified atom stereocenters. The first-order chi connectivity index (χ1) is 7.16. The number of hydrogen-bond acceptors (Lipinski definition) is 3. The molecule has 2 aliphatic rings. The number of pyridine rings is 1. The van der Waals surface area contributed by atoms with E-state index in [2.05, 4.69) is 22.1 Å². The zero-order valence-corrected chi connectivity index (χ0v) is 9.73. The molecule has 0 saturated carbocycles. The van der Waals surface area contributed by atoms with Gasteiger partial charge < -0.3 is 10.2 Å². The number of halogens is 1. The molecule has 3 nitrogen and oxygen atoms in total. The van der Waals surface area contributed by atoms with E-state index in [9.17, 15) is 0 Å². The van der Waals surface area contributed by atoms with Gasteiger partial charge >= 0.3 is 0 Å². The summed E-state index contributed by atoms with van der Waals surface area (Å²) in [6.07, 6.45) is 1.20. The van der Waals surface area contributed by atoms with Gasteiger partial charge in [0.2, 0.25) is 0 Å². The van der Waals surface area contributed by atoms with E-state index in [1.165, 1.54) is 17.7 Å². The van der Waals surface area contributed by atoms with E-state index in [1.54, 1.807) is 0 Å². The van der Waals surface area contributed by atoms with Gasteiger partial charge in [0.15, 0.2) is 5.82 Å². The Hall–Kier alpha value is -0.960. The molecular weight excluding hydrogens is 210 g/mol. The van der Waals surface area contributed by atoms with Crippen LogP contribution >= 0.6 is 11.6 Å². The lowest BCUT2D eigenvalue weighted by Crippen LogP contribution is -2.33. The summed E-state index contributed by atoms with van der Waals surface area (Å²) in [6, 6.07) is 0.558. The summed E-state index contributed by atoms with van der Waals surface area (Å²) in [5.41, 5.74) is 3.62. The molecule has 3 rings (SSSR count). The van der Waals surface area contributed by atoms with Gasteiger partial charge in [-0.15, -0.1) is 0 Å². The van der Waals surface area contributed by atoms with Crippen molar-refractivity contribution < 1.29 is 0 Å². The fourth-order valence-electron chi connectivity index (χ4n) is 2.51. The van der Waals surface area contributed by atoms with Crippen LogP contribution in [-0.4, -0.2) is 24.1 Å². The molecule has 0 aliphatic carbocycles. The van der Waals surface area contributed by atoms with Crippen molar-refractivity contribution >= 4 is 23.1 Å². The summed E-state index contributed by atoms with van der Waals surface area (Å²) >= 11 is 6.10. The summed E-state index contributed by atoms with van der Waals surface area (Å²) in [5, 5.41) is 4.09. The maximum Gasteiger partial charge on any atom is 0.151 e. The molecule has 0 aromatic carbocycles. The van der Waals surface area contributed by atoms with Crippen LogP contribution in [-0.2, 0) is 0 Å². The van der Waals surface area contributed by atoms with Gasteiger partial charge in [0, 0.05) is 19.1 Å². The van der Waals surface area contributed by atoms with Crippen LogP contribution in [0.5, 0.6) is 0 Å². The molecule has 2 bridgehead atoms. The molecule has 1 N–H and O–H groups in total. The Labute approximate surface area is 94.4 Å². The van der Waals surface area contributed by atoms with E-state index in [0.717, 1.165) is 24.5 Å². The van der Waals surface area contributed by atoms with Crippen LogP contribution < -0.4 is 10.2 Å². The largest absolute Gasteiger partial charge is 0.366 e. The molecule has 80 valence electrons. The molecule has 3 heterocycles. The monoisotopic (exact) mass is 223 g/mol. The predicted octanol–water partition coefficient (Wildman–Crippen LogP) is 2.36. The van der Waals surface area contributed by atoms with Crippen molar-refractivity contribution in [3.8, 4) is 0 Å². The Morgan fingerprint density at radius 1 is 1.40 bits per heavy atom. The number of fused-ring (bicyclic) bond motifs is 4. The van der Waals surface area contributed by atoms with Crippen molar-refractivity contribution in [2.24, 2.45) is 0 Å². The van der Waals surface area contributed by atoms with Gasteiger partial charge in [0.1, 0.15) is 5.15 Å². The molecule has 1 atom stereocenters. The highest BCUT2D eigenvalue weighted by Crippen LogP contribution is 2.39. The van der Waals surface area contributed by atoms with Gasteiger partial charge in [0.05, 0.1) is 5.69 Å². The van der Waals surface area contributed by atoms with Crippen LogP contribution in [0.4, 0.5) is 11.5 Å². The molecule has 2 aliphatic heterocycles. The second-order valence-electron chi connectivity index (χ2n) is 4.43. The van der Waals surface area contributed by atoms with E-state index in [4.69, 9.17) is 11.6 Å². The van der Waals surface area contributed by atoms with Crippen LogP contribution in [0.25, 0.3) is 0 Å². The second kappa shape index (κ2) is 3.01. The van der Waals surface area contributed by atoms with Crippen molar-refractivity contribution in [3.05, 3.63) is 16.3 Å². The molecule has 1 aromatic heterocycles. The first kappa shape index (κ1) is 9.28. The van der Waals surface area contributed by atoms with Crippen LogP contribution in [0.3, 0.4) is 0 Å². The first-order valence-electron chi connectivity index (χ1n) is 5.35. The van der Waals surface area contributed by atoms with Crippen LogP contribution in [0.1, 0.15) is 17.5 Å². The fraction of sp³-hybridized carbons (Fsp3) is 0.545. The maximum atomic E-state index is 6.10. The standard InChI is InChI=1S/C11H14ClN3/c1-6-7(2)10(12)14-11-9(6)15-4-3-8(5-15)13-11/h8H,3-5H2,1-2H3,(H,13,14). The van der Waals surface area contributed by atoms with Crippen molar-refractivity contribution in [1.29, 1.82) is 0 Å². The molecule has 4 heteroatoms. The van der Waals surface area contributed by atoms with Gasteiger partial charge in [-0.25, -0.2) is 4.98 Å². The molecule has 1 aromatic rings. The van der Waals surface area contributed by atoms with Gasteiger partial charge in [-0.2, -0.15) is 0 Å². The number of nitrogens with zero attached hydrogens (tertiary/aromatic N) is 2. The summed E-state index contributed by atoms with van der Waals surface area (Å²) < 4.78 is 0. The highest BCUT2D eigenvalue weighted by Gasteiger charge is 2.32. The third-order valence-electron chi connectivity index (χ3n) is 3.51. The minimum absolute atomic E-state index is 0.558. The highest BCUT2D eigenvalue weighted by molar-refractivity contribution is 6.30. The molecule has 0 radical (unpaired) electrons. The predicted molar refractivity (Wildman–Crippen MR) is 63.0 cm³/mol. The third-order valence-corrected chi connectivity index (χ3v) is 3.87. The van der Waals surface area contributed by atoms with E-state index in [1.807, 2.05) is 6.92 Å². The zero-order valence-electron chi connectivity index (χ0n) is 8.97. The number of aromatic nitrogens is 1. The Balaban J connectivity index is 2.22. The molecule has 0 amide bonds. The van der Waals surface area contributed by atoms with E-state index in [0.29, 0.717) is 11.2 Å². The lowest BCUT2D eigenvalue weighted by molar-refractivity contribution is 0.786. The number of nitrogens with one attached hydrogen (secondary N) is 1. The fourth-order valence-corrected chi connectivity index (χ4v) is 2.73. The van der Waals surface area contributed by atoms with Crippen molar-refractivity contribution in [2.75, 3.05) is 23.3 Å². The normalized spacial score (nSPS) is 22.6. The molecular formula is C11H14ClN3. The Morgan fingerprint density at radius 3 is 3.00 bits per heavy atom. The number of rotatable bonds is 0. The van der Waals surface area contributed by atoms with E-state index in [-0.39, 0.29) is 0 Å². The minimum atomic E-state index is 0.558. The SMILES string of the molecule is Cc1c(Cl)nc2c(c1C)N1CCC(C1)N2. The van der Waals surface area contributed by atoms with Crippen LogP contribution in [0, 0.1) is 13.8 Å². The topological polar surface area (TPSA) is 28.2 Å². The van der Waals surface area contributed by atoms with Crippen LogP contribution in [0.15, 0.2) is 0 Å². The van der Waals surface area contributed by atoms with Gasteiger partial charge in [-0.1, -0.05) is 11.6 Å². The van der Waals surface area contributed by atoms with Gasteiger partial charge in [-0.3, -0.25) is 0 Å². The second-order valence-corrected chi connectivity index (χ2v) is 4.78. The highest BCUT2D eigenvalue weighted by atomic mass is 35.5. The smallest absolute Gasteiger partial charge is 0.151 e. The van der Waals surface area contributed by atoms with Gasteiger partial charge in [0.25, 0.3) is 0 Å². The van der Waals surface area contributed by atoms with Gasteiger partial charge in [-0.05, 0) is 31.4 Å². The van der Waals surface area contributed by atoms with E-state index >= 15 is 0 Å². The average Bonchev–Trinajstić information content (AvgIpc) is 2.57. The number of anilines is 2. The Bertz CT molecular complexity index is 430. The summed E-state index contributed by atoms with van der Waals surface area (Å²) in [5.74, 6) is 0.969. The molecule has 1 saturated heterocycles.